The summed E-state index contributed by atoms with van der Waals surface area (Å²) in [5.41, 5.74) is 0.726. The first-order valence-corrected chi connectivity index (χ1v) is 6.83. The highest BCUT2D eigenvalue weighted by atomic mass is 35.5. The minimum atomic E-state index is -0.516. The van der Waals surface area contributed by atoms with Crippen molar-refractivity contribution < 1.29 is 14.0 Å². The second kappa shape index (κ2) is 6.33. The van der Waals surface area contributed by atoms with E-state index >= 15 is 0 Å². The molecule has 2 unspecified atom stereocenters. The summed E-state index contributed by atoms with van der Waals surface area (Å²) in [5, 5.41) is 14.0. The van der Waals surface area contributed by atoms with Gasteiger partial charge in [-0.3, -0.25) is 0 Å². The van der Waals surface area contributed by atoms with Gasteiger partial charge in [0, 0.05) is 11.4 Å². The number of aliphatic hydroxyl groups is 1. The molecule has 0 saturated heterocycles. The molecule has 0 radical (unpaired) electrons. The van der Waals surface area contributed by atoms with Gasteiger partial charge in [-0.25, -0.2) is 4.39 Å². The monoisotopic (exact) mass is 298 g/mol. The number of aliphatic hydroxyl groups excluding tert-OH is 1. The predicted octanol–water partition coefficient (Wildman–Crippen LogP) is 3.33. The Morgan fingerprint density at radius 2 is 2.20 bits per heavy atom. The summed E-state index contributed by atoms with van der Waals surface area (Å²) in [6.07, 6.45) is 0.456. The molecular weight excluding hydrogens is 283 g/mol. The fourth-order valence-corrected chi connectivity index (χ4v) is 2.11. The molecule has 0 saturated carbocycles. The van der Waals surface area contributed by atoms with Crippen molar-refractivity contribution in [3.05, 3.63) is 46.3 Å². The molecule has 0 aliphatic carbocycles. The fourth-order valence-electron chi connectivity index (χ4n) is 1.88. The molecule has 20 heavy (non-hydrogen) atoms. The largest absolute Gasteiger partial charge is 0.392 e. The van der Waals surface area contributed by atoms with E-state index in [9.17, 15) is 9.50 Å². The van der Waals surface area contributed by atoms with E-state index in [-0.39, 0.29) is 11.7 Å². The van der Waals surface area contributed by atoms with Crippen LogP contribution < -0.4 is 0 Å². The molecule has 2 aromatic rings. The first-order chi connectivity index (χ1) is 9.51. The van der Waals surface area contributed by atoms with Crippen LogP contribution in [-0.4, -0.2) is 21.4 Å². The highest BCUT2D eigenvalue weighted by Crippen LogP contribution is 2.22. The highest BCUT2D eigenvalue weighted by molar-refractivity contribution is 6.31. The second-order valence-corrected chi connectivity index (χ2v) is 5.13. The van der Waals surface area contributed by atoms with E-state index in [1.165, 1.54) is 12.1 Å². The number of nitrogens with zero attached hydrogens (tertiary/aromatic N) is 2. The fraction of sp³-hybridized carbons (Fsp3) is 0.429. The number of benzene rings is 1. The molecule has 2 rings (SSSR count). The summed E-state index contributed by atoms with van der Waals surface area (Å²) in [5.74, 6) is 0.258. The van der Waals surface area contributed by atoms with E-state index in [4.69, 9.17) is 16.1 Å². The molecule has 2 atom stereocenters. The van der Waals surface area contributed by atoms with Crippen LogP contribution in [-0.2, 0) is 6.42 Å². The number of aromatic nitrogens is 2. The van der Waals surface area contributed by atoms with Gasteiger partial charge in [-0.05, 0) is 24.1 Å². The normalized spacial score (nSPS) is 14.2. The molecule has 0 spiro atoms. The van der Waals surface area contributed by atoms with Crippen LogP contribution in [0.1, 0.15) is 43.5 Å². The number of rotatable bonds is 5. The van der Waals surface area contributed by atoms with Gasteiger partial charge in [0.05, 0.1) is 12.0 Å². The van der Waals surface area contributed by atoms with E-state index in [1.54, 1.807) is 6.07 Å². The quantitative estimate of drug-likeness (QED) is 0.920. The van der Waals surface area contributed by atoms with E-state index in [0.717, 1.165) is 5.56 Å². The van der Waals surface area contributed by atoms with Crippen molar-refractivity contribution in [3.8, 4) is 0 Å². The maximum atomic E-state index is 13.0. The van der Waals surface area contributed by atoms with Crippen molar-refractivity contribution >= 4 is 11.6 Å². The maximum absolute atomic E-state index is 13.0. The lowest BCUT2D eigenvalue weighted by Crippen LogP contribution is -2.14. The molecule has 108 valence electrons. The van der Waals surface area contributed by atoms with Crippen LogP contribution in [0.25, 0.3) is 0 Å². The van der Waals surface area contributed by atoms with E-state index in [1.807, 2.05) is 13.8 Å². The van der Waals surface area contributed by atoms with Crippen LogP contribution in [0.4, 0.5) is 4.39 Å². The van der Waals surface area contributed by atoms with Crippen LogP contribution in [0.5, 0.6) is 0 Å². The molecule has 0 amide bonds. The van der Waals surface area contributed by atoms with Crippen molar-refractivity contribution in [1.82, 2.24) is 10.1 Å². The Morgan fingerprint density at radius 3 is 2.85 bits per heavy atom. The lowest BCUT2D eigenvalue weighted by Gasteiger charge is -2.11. The molecule has 0 bridgehead atoms. The van der Waals surface area contributed by atoms with E-state index in [0.29, 0.717) is 29.6 Å². The minimum Gasteiger partial charge on any atom is -0.392 e. The Balaban J connectivity index is 2.13. The Morgan fingerprint density at radius 1 is 1.45 bits per heavy atom. The SMILES string of the molecule is CCC(O)C(C)c1nc(Cc2ccc(F)cc2Cl)no1. The summed E-state index contributed by atoms with van der Waals surface area (Å²) in [7, 11) is 0. The van der Waals surface area contributed by atoms with E-state index in [2.05, 4.69) is 10.1 Å². The zero-order valence-corrected chi connectivity index (χ0v) is 12.1. The summed E-state index contributed by atoms with van der Waals surface area (Å²) >= 11 is 5.96. The lowest BCUT2D eigenvalue weighted by atomic mass is 10.0. The Kier molecular flexibility index (Phi) is 4.73. The number of halogens is 2. The van der Waals surface area contributed by atoms with Gasteiger partial charge in [-0.2, -0.15) is 4.98 Å². The average Bonchev–Trinajstić information content (AvgIpc) is 2.88. The van der Waals surface area contributed by atoms with E-state index < -0.39 is 6.10 Å². The van der Waals surface area contributed by atoms with Crippen molar-refractivity contribution in [3.63, 3.8) is 0 Å². The Hall–Kier alpha value is -1.46. The van der Waals surface area contributed by atoms with Crippen LogP contribution in [0.15, 0.2) is 22.7 Å². The molecule has 1 N–H and O–H groups in total. The smallest absolute Gasteiger partial charge is 0.232 e. The Labute approximate surface area is 121 Å². The third kappa shape index (κ3) is 3.35. The van der Waals surface area contributed by atoms with Crippen molar-refractivity contribution in [2.45, 2.75) is 38.7 Å². The predicted molar refractivity (Wildman–Crippen MR) is 73.2 cm³/mol. The van der Waals surface area contributed by atoms with Crippen LogP contribution in [0, 0.1) is 5.82 Å². The molecule has 6 heteroatoms. The van der Waals surface area contributed by atoms with Gasteiger partial charge in [0.2, 0.25) is 5.89 Å². The van der Waals surface area contributed by atoms with Gasteiger partial charge in [-0.1, -0.05) is 36.7 Å². The standard InChI is InChI=1S/C14H16ClFN2O2/c1-3-12(19)8(2)14-17-13(18-20-14)6-9-4-5-10(16)7-11(9)15/h4-5,7-8,12,19H,3,6H2,1-2H3. The topological polar surface area (TPSA) is 59.2 Å². The molecule has 0 fully saturated rings. The molecule has 1 aromatic carbocycles. The van der Waals surface area contributed by atoms with Gasteiger partial charge < -0.3 is 9.63 Å². The van der Waals surface area contributed by atoms with Gasteiger partial charge in [0.25, 0.3) is 0 Å². The van der Waals surface area contributed by atoms with Crippen LogP contribution >= 0.6 is 11.6 Å². The third-order valence-corrected chi connectivity index (χ3v) is 3.58. The molecular formula is C14H16ClFN2O2. The molecule has 1 heterocycles. The summed E-state index contributed by atoms with van der Waals surface area (Å²) in [6, 6.07) is 4.19. The zero-order valence-electron chi connectivity index (χ0n) is 11.3. The third-order valence-electron chi connectivity index (χ3n) is 3.23. The first-order valence-electron chi connectivity index (χ1n) is 6.45. The summed E-state index contributed by atoms with van der Waals surface area (Å²) < 4.78 is 18.1. The van der Waals surface area contributed by atoms with Gasteiger partial charge in [-0.15, -0.1) is 0 Å². The molecule has 0 aliphatic rings. The maximum Gasteiger partial charge on any atom is 0.232 e. The van der Waals surface area contributed by atoms with Crippen molar-refractivity contribution in [2.24, 2.45) is 0 Å². The average molecular weight is 299 g/mol. The van der Waals surface area contributed by atoms with Crippen molar-refractivity contribution in [2.75, 3.05) is 0 Å². The minimum absolute atomic E-state index is 0.218. The molecule has 1 aromatic heterocycles. The summed E-state index contributed by atoms with van der Waals surface area (Å²) in [6.45, 7) is 3.72. The lowest BCUT2D eigenvalue weighted by molar-refractivity contribution is 0.129. The zero-order chi connectivity index (χ0) is 14.7. The molecule has 4 nitrogen and oxygen atoms in total. The number of hydrogen-bond acceptors (Lipinski definition) is 4. The summed E-state index contributed by atoms with van der Waals surface area (Å²) in [4.78, 5) is 4.25. The van der Waals surface area contributed by atoms with Gasteiger partial charge in [0.15, 0.2) is 5.82 Å². The Bertz CT molecular complexity index is 588. The highest BCUT2D eigenvalue weighted by Gasteiger charge is 2.21. The second-order valence-electron chi connectivity index (χ2n) is 4.73. The van der Waals surface area contributed by atoms with Crippen molar-refractivity contribution in [1.29, 1.82) is 0 Å². The molecule has 0 aliphatic heterocycles. The first kappa shape index (κ1) is 14.9. The van der Waals surface area contributed by atoms with Gasteiger partial charge >= 0.3 is 0 Å². The number of hydrogen-bond donors (Lipinski definition) is 1. The van der Waals surface area contributed by atoms with Crippen LogP contribution in [0.2, 0.25) is 5.02 Å². The van der Waals surface area contributed by atoms with Gasteiger partial charge in [0.1, 0.15) is 5.82 Å². The van der Waals surface area contributed by atoms with Crippen LogP contribution in [0.3, 0.4) is 0 Å².